The fourth-order valence-corrected chi connectivity index (χ4v) is 5.09. The summed E-state index contributed by atoms with van der Waals surface area (Å²) >= 11 is 5.27. The van der Waals surface area contributed by atoms with Crippen LogP contribution in [0.1, 0.15) is 21.5 Å². The number of ether oxygens (including phenoxy) is 2. The Hall–Kier alpha value is -4.41. The molecule has 4 aromatic carbocycles. The lowest BCUT2D eigenvalue weighted by Crippen LogP contribution is -2.34. The molecule has 4 rings (SSSR count). The number of rotatable bonds is 10. The predicted octanol–water partition coefficient (Wildman–Crippen LogP) is 5.69. The van der Waals surface area contributed by atoms with Gasteiger partial charge in [-0.15, -0.1) is 0 Å². The van der Waals surface area contributed by atoms with Gasteiger partial charge in [-0.25, -0.2) is 8.42 Å². The number of para-hydroxylation sites is 1. The van der Waals surface area contributed by atoms with Gasteiger partial charge >= 0.3 is 0 Å². The average Bonchev–Trinajstić information content (AvgIpc) is 2.93. The molecule has 0 saturated heterocycles. The molecule has 0 fully saturated rings. The number of hydrogen-bond donors (Lipinski definition) is 3. The van der Waals surface area contributed by atoms with Crippen LogP contribution in [0.3, 0.4) is 0 Å². The lowest BCUT2D eigenvalue weighted by molar-refractivity contribution is 0.0977. The van der Waals surface area contributed by atoms with Crippen molar-refractivity contribution in [2.75, 3.05) is 23.3 Å². The zero-order valence-corrected chi connectivity index (χ0v) is 23.6. The summed E-state index contributed by atoms with van der Waals surface area (Å²) in [4.78, 5) is 12.8. The zero-order valence-electron chi connectivity index (χ0n) is 22.0. The molecular weight excluding hydrogens is 546 g/mol. The van der Waals surface area contributed by atoms with Gasteiger partial charge in [0.25, 0.3) is 15.9 Å². The first-order chi connectivity index (χ1) is 19.2. The summed E-state index contributed by atoms with van der Waals surface area (Å²) in [5.74, 6) is 0.861. The van der Waals surface area contributed by atoms with Gasteiger partial charge in [-0.2, -0.15) is 0 Å². The van der Waals surface area contributed by atoms with E-state index in [1.165, 1.54) is 12.1 Å². The minimum absolute atomic E-state index is 0.0663. The molecule has 1 amide bonds. The molecule has 4 aromatic rings. The number of carbonyl (C=O) groups is 1. The largest absolute Gasteiger partial charge is 0.490 e. The molecule has 0 aliphatic heterocycles. The number of aryl methyl sites for hydroxylation is 2. The molecule has 206 valence electrons. The second-order valence-electron chi connectivity index (χ2n) is 8.89. The van der Waals surface area contributed by atoms with E-state index in [0.717, 1.165) is 16.9 Å². The summed E-state index contributed by atoms with van der Waals surface area (Å²) < 4.78 is 39.6. The van der Waals surface area contributed by atoms with Crippen LogP contribution in [-0.4, -0.2) is 32.7 Å². The van der Waals surface area contributed by atoms with Crippen molar-refractivity contribution in [3.8, 4) is 11.5 Å². The molecule has 8 nitrogen and oxygen atoms in total. The Kier molecular flexibility index (Phi) is 9.36. The number of hydrogen-bond acceptors (Lipinski definition) is 6. The van der Waals surface area contributed by atoms with Crippen molar-refractivity contribution in [3.63, 3.8) is 0 Å². The zero-order chi connectivity index (χ0) is 28.5. The van der Waals surface area contributed by atoms with Gasteiger partial charge < -0.3 is 14.8 Å². The molecule has 0 spiro atoms. The summed E-state index contributed by atoms with van der Waals surface area (Å²) in [7, 11) is -3.78. The van der Waals surface area contributed by atoms with Gasteiger partial charge in [0.2, 0.25) is 0 Å². The van der Waals surface area contributed by atoms with Gasteiger partial charge in [0.15, 0.2) is 5.11 Å². The highest BCUT2D eigenvalue weighted by Crippen LogP contribution is 2.22. The van der Waals surface area contributed by atoms with E-state index in [4.69, 9.17) is 21.7 Å². The number of benzene rings is 4. The first kappa shape index (κ1) is 28.6. The van der Waals surface area contributed by atoms with Crippen LogP contribution in [0.15, 0.2) is 102 Å². The van der Waals surface area contributed by atoms with E-state index in [0.29, 0.717) is 35.9 Å². The second kappa shape index (κ2) is 13.1. The summed E-state index contributed by atoms with van der Waals surface area (Å²) in [6, 6.07) is 27.7. The highest BCUT2D eigenvalue weighted by molar-refractivity contribution is 7.92. The molecule has 0 bridgehead atoms. The van der Waals surface area contributed by atoms with Crippen LogP contribution in [-0.2, 0) is 10.0 Å². The van der Waals surface area contributed by atoms with Crippen LogP contribution < -0.4 is 24.8 Å². The third-order valence-electron chi connectivity index (χ3n) is 5.74. The van der Waals surface area contributed by atoms with E-state index in [-0.39, 0.29) is 10.0 Å². The van der Waals surface area contributed by atoms with E-state index in [1.807, 2.05) is 56.3 Å². The van der Waals surface area contributed by atoms with Crippen molar-refractivity contribution in [1.82, 2.24) is 5.32 Å². The van der Waals surface area contributed by atoms with Gasteiger partial charge in [-0.1, -0.05) is 42.0 Å². The first-order valence-corrected chi connectivity index (χ1v) is 14.3. The third kappa shape index (κ3) is 8.05. The van der Waals surface area contributed by atoms with Gasteiger partial charge in [0, 0.05) is 11.3 Å². The van der Waals surface area contributed by atoms with Crippen molar-refractivity contribution in [2.24, 2.45) is 0 Å². The highest BCUT2D eigenvalue weighted by atomic mass is 32.2. The summed E-state index contributed by atoms with van der Waals surface area (Å²) in [6.07, 6.45) is 0. The van der Waals surface area contributed by atoms with E-state index < -0.39 is 15.9 Å². The molecule has 40 heavy (non-hydrogen) atoms. The molecule has 0 atom stereocenters. The van der Waals surface area contributed by atoms with Crippen molar-refractivity contribution in [1.29, 1.82) is 0 Å². The maximum atomic E-state index is 12.8. The summed E-state index contributed by atoms with van der Waals surface area (Å²) in [5.41, 5.74) is 3.28. The maximum absolute atomic E-state index is 12.8. The quantitative estimate of drug-likeness (QED) is 0.165. The lowest BCUT2D eigenvalue weighted by Gasteiger charge is -2.13. The van der Waals surface area contributed by atoms with Gasteiger partial charge in [0.05, 0.1) is 10.6 Å². The molecular formula is C30H29N3O5S2. The summed E-state index contributed by atoms with van der Waals surface area (Å²) in [6.45, 7) is 4.46. The van der Waals surface area contributed by atoms with Crippen LogP contribution in [0.5, 0.6) is 11.5 Å². The van der Waals surface area contributed by atoms with Crippen LogP contribution in [0.4, 0.5) is 11.4 Å². The third-order valence-corrected chi connectivity index (χ3v) is 7.32. The topological polar surface area (TPSA) is 106 Å². The van der Waals surface area contributed by atoms with Crippen molar-refractivity contribution in [3.05, 3.63) is 114 Å². The monoisotopic (exact) mass is 575 g/mol. The summed E-state index contributed by atoms with van der Waals surface area (Å²) in [5, 5.41) is 5.58. The Bertz CT molecular complexity index is 1590. The lowest BCUT2D eigenvalue weighted by atomic mass is 10.1. The first-order valence-electron chi connectivity index (χ1n) is 12.4. The molecule has 0 aromatic heterocycles. The SMILES string of the molecule is Cc1ccc(NS(=O)(=O)c2ccc(NC(=S)NC(=O)c3cccc(OCCOc4ccccc4)c3)cc2)c(C)c1. The Morgan fingerprint density at radius 3 is 2.17 bits per heavy atom. The molecule has 0 unspecified atom stereocenters. The van der Waals surface area contributed by atoms with E-state index in [2.05, 4.69) is 15.4 Å². The molecule has 10 heteroatoms. The number of anilines is 2. The molecule has 0 radical (unpaired) electrons. The Balaban J connectivity index is 1.28. The van der Waals surface area contributed by atoms with Gasteiger partial charge in [-0.3, -0.25) is 14.8 Å². The fraction of sp³-hybridized carbons (Fsp3) is 0.133. The standard InChI is InChI=1S/C30H29N3O5S2/c1-21-11-16-28(22(2)19-21)33-40(35,36)27-14-12-24(13-15-27)31-30(39)32-29(34)23-7-6-10-26(20-23)38-18-17-37-25-8-4-3-5-9-25/h3-16,19-20,33H,17-18H2,1-2H3,(H2,31,32,34,39). The molecule has 3 N–H and O–H groups in total. The van der Waals surface area contributed by atoms with E-state index >= 15 is 0 Å². The van der Waals surface area contributed by atoms with Crippen LogP contribution in [0.2, 0.25) is 0 Å². The molecule has 0 aliphatic rings. The molecule has 0 saturated carbocycles. The smallest absolute Gasteiger partial charge is 0.261 e. The average molecular weight is 576 g/mol. The fourth-order valence-electron chi connectivity index (χ4n) is 3.75. The minimum Gasteiger partial charge on any atom is -0.490 e. The molecule has 0 heterocycles. The number of sulfonamides is 1. The van der Waals surface area contributed by atoms with Crippen molar-refractivity contribution >= 4 is 44.6 Å². The number of thiocarbonyl (C=S) groups is 1. The Labute approximate surface area is 239 Å². The van der Waals surface area contributed by atoms with E-state index in [1.54, 1.807) is 42.5 Å². The van der Waals surface area contributed by atoms with Crippen LogP contribution in [0.25, 0.3) is 0 Å². The van der Waals surface area contributed by atoms with Crippen LogP contribution in [0, 0.1) is 13.8 Å². The Morgan fingerprint density at radius 2 is 1.48 bits per heavy atom. The van der Waals surface area contributed by atoms with E-state index in [9.17, 15) is 13.2 Å². The van der Waals surface area contributed by atoms with Gasteiger partial charge in [-0.05, 0) is 92.3 Å². The highest BCUT2D eigenvalue weighted by Gasteiger charge is 2.16. The van der Waals surface area contributed by atoms with Gasteiger partial charge in [0.1, 0.15) is 24.7 Å². The van der Waals surface area contributed by atoms with Crippen molar-refractivity contribution < 1.29 is 22.7 Å². The second-order valence-corrected chi connectivity index (χ2v) is 11.0. The number of amides is 1. The predicted molar refractivity (Wildman–Crippen MR) is 161 cm³/mol. The number of nitrogens with one attached hydrogen (secondary N) is 3. The Morgan fingerprint density at radius 1 is 0.800 bits per heavy atom. The van der Waals surface area contributed by atoms with Crippen LogP contribution >= 0.6 is 12.2 Å². The van der Waals surface area contributed by atoms with Crippen molar-refractivity contribution in [2.45, 2.75) is 18.7 Å². The minimum atomic E-state index is -3.78. The number of carbonyl (C=O) groups excluding carboxylic acids is 1. The normalized spacial score (nSPS) is 10.8. The molecule has 0 aliphatic carbocycles. The maximum Gasteiger partial charge on any atom is 0.261 e.